The lowest BCUT2D eigenvalue weighted by molar-refractivity contribution is -0.177. The van der Waals surface area contributed by atoms with Crippen LogP contribution >= 0.6 is 0 Å². The van der Waals surface area contributed by atoms with Crippen molar-refractivity contribution in [1.29, 1.82) is 0 Å². The molecule has 0 amide bonds. The largest absolute Gasteiger partial charge is 0.411 e. The summed E-state index contributed by atoms with van der Waals surface area (Å²) in [5.41, 5.74) is 0. The highest BCUT2D eigenvalue weighted by molar-refractivity contribution is 7.89. The van der Waals surface area contributed by atoms with E-state index < -0.39 is 34.6 Å². The summed E-state index contributed by atoms with van der Waals surface area (Å²) in [4.78, 5) is 0. The summed E-state index contributed by atoms with van der Waals surface area (Å²) in [5.74, 6) is -0.0710. The molecule has 0 unspecified atom stereocenters. The molecule has 11 heteroatoms. The number of nitrogens with two attached hydrogens (primary N) is 1. The van der Waals surface area contributed by atoms with Crippen molar-refractivity contribution < 1.29 is 26.3 Å². The van der Waals surface area contributed by atoms with Crippen molar-refractivity contribution in [3.05, 3.63) is 5.82 Å². The Morgan fingerprint density at radius 2 is 2.00 bits per heavy atom. The van der Waals surface area contributed by atoms with Crippen molar-refractivity contribution in [3.8, 4) is 0 Å². The molecule has 1 aromatic rings. The Morgan fingerprint density at radius 3 is 2.41 bits per heavy atom. The number of halogens is 3. The zero-order valence-corrected chi connectivity index (χ0v) is 9.42. The third-order valence-electron chi connectivity index (χ3n) is 1.68. The lowest BCUT2D eigenvalue weighted by Gasteiger charge is -2.07. The second-order valence-corrected chi connectivity index (χ2v) is 4.57. The van der Waals surface area contributed by atoms with Gasteiger partial charge in [0.05, 0.1) is 0 Å². The Labute approximate surface area is 94.4 Å². The highest BCUT2D eigenvalue weighted by Gasteiger charge is 2.28. The number of alkyl halides is 3. The van der Waals surface area contributed by atoms with Crippen LogP contribution in [0.5, 0.6) is 0 Å². The average Bonchev–Trinajstić information content (AvgIpc) is 2.44. The first kappa shape index (κ1) is 13.9. The fourth-order valence-electron chi connectivity index (χ4n) is 0.977. The summed E-state index contributed by atoms with van der Waals surface area (Å²) in [6.45, 7) is -1.97. The zero-order valence-electron chi connectivity index (χ0n) is 8.60. The molecule has 2 N–H and O–H groups in total. The molecule has 0 aliphatic rings. The fraction of sp³-hybridized carbons (Fsp3) is 0.667. The summed E-state index contributed by atoms with van der Waals surface area (Å²) in [6.07, 6.45) is -4.46. The molecule has 0 bridgehead atoms. The van der Waals surface area contributed by atoms with Crippen molar-refractivity contribution in [2.75, 3.05) is 6.61 Å². The summed E-state index contributed by atoms with van der Waals surface area (Å²) < 4.78 is 62.4. The van der Waals surface area contributed by atoms with Crippen LogP contribution in [0.2, 0.25) is 0 Å². The quantitative estimate of drug-likeness (QED) is 0.800. The van der Waals surface area contributed by atoms with Gasteiger partial charge in [-0.25, -0.2) is 13.6 Å². The first-order valence-corrected chi connectivity index (χ1v) is 5.71. The van der Waals surface area contributed by atoms with Crippen molar-refractivity contribution in [3.63, 3.8) is 0 Å². The average molecular weight is 274 g/mol. The minimum absolute atomic E-state index is 0.0710. The van der Waals surface area contributed by atoms with Gasteiger partial charge in [-0.2, -0.15) is 13.2 Å². The standard InChI is InChI=1S/C6H9F3N4O3S/c1-13-4(2-16-3-6(7,8)9)11-12-5(13)17(10,14)15/h2-3H2,1H3,(H2,10,14,15). The van der Waals surface area contributed by atoms with Crippen LogP contribution < -0.4 is 5.14 Å². The molecule has 0 saturated carbocycles. The van der Waals surface area contributed by atoms with Crippen molar-refractivity contribution in [2.24, 2.45) is 12.2 Å². The predicted octanol–water partition coefficient (Wildman–Crippen LogP) is -0.459. The minimum Gasteiger partial charge on any atom is -0.364 e. The topological polar surface area (TPSA) is 100 Å². The van der Waals surface area contributed by atoms with E-state index in [0.717, 1.165) is 4.57 Å². The molecule has 0 aliphatic heterocycles. The lowest BCUT2D eigenvalue weighted by atomic mass is 10.6. The molecule has 1 aromatic heterocycles. The Kier molecular flexibility index (Phi) is 3.74. The van der Waals surface area contributed by atoms with Gasteiger partial charge in [-0.15, -0.1) is 10.2 Å². The Hall–Kier alpha value is -1.20. The lowest BCUT2D eigenvalue weighted by Crippen LogP contribution is -2.19. The van der Waals surface area contributed by atoms with Crippen LogP contribution in [-0.4, -0.2) is 36.0 Å². The van der Waals surface area contributed by atoms with E-state index in [4.69, 9.17) is 5.14 Å². The van der Waals surface area contributed by atoms with Crippen molar-refractivity contribution in [1.82, 2.24) is 14.8 Å². The minimum atomic E-state index is -4.46. The number of hydrogen-bond acceptors (Lipinski definition) is 5. The molecule has 17 heavy (non-hydrogen) atoms. The molecule has 0 atom stereocenters. The van der Waals surface area contributed by atoms with Crippen LogP contribution in [0.25, 0.3) is 0 Å². The van der Waals surface area contributed by atoms with Gasteiger partial charge in [-0.3, -0.25) is 0 Å². The first-order valence-electron chi connectivity index (χ1n) is 4.17. The number of primary sulfonamides is 1. The Balaban J connectivity index is 2.72. The summed E-state index contributed by atoms with van der Waals surface area (Å²) >= 11 is 0. The fourth-order valence-corrected chi connectivity index (χ4v) is 1.62. The first-order chi connectivity index (χ1) is 7.61. The maximum absolute atomic E-state index is 11.8. The predicted molar refractivity (Wildman–Crippen MR) is 48.1 cm³/mol. The van der Waals surface area contributed by atoms with Gasteiger partial charge >= 0.3 is 6.18 Å². The number of ether oxygens (including phenoxy) is 1. The van der Waals surface area contributed by atoms with E-state index in [1.54, 1.807) is 0 Å². The van der Waals surface area contributed by atoms with E-state index in [0.29, 0.717) is 0 Å². The molecule has 0 spiro atoms. The molecule has 7 nitrogen and oxygen atoms in total. The number of nitrogens with zero attached hydrogens (tertiary/aromatic N) is 3. The summed E-state index contributed by atoms with van der Waals surface area (Å²) in [7, 11) is -2.80. The van der Waals surface area contributed by atoms with E-state index >= 15 is 0 Å². The third kappa shape index (κ3) is 3.94. The Bertz CT molecular complexity index is 495. The van der Waals surface area contributed by atoms with E-state index in [1.165, 1.54) is 7.05 Å². The maximum Gasteiger partial charge on any atom is 0.411 e. The van der Waals surface area contributed by atoms with Gasteiger partial charge in [-0.1, -0.05) is 0 Å². The van der Waals surface area contributed by atoms with Gasteiger partial charge in [0.1, 0.15) is 13.2 Å². The van der Waals surface area contributed by atoms with Gasteiger partial charge in [0.2, 0.25) is 0 Å². The summed E-state index contributed by atoms with van der Waals surface area (Å²) in [6, 6.07) is 0. The van der Waals surface area contributed by atoms with Gasteiger partial charge in [0.15, 0.2) is 5.82 Å². The van der Waals surface area contributed by atoms with Crippen LogP contribution in [0.1, 0.15) is 5.82 Å². The monoisotopic (exact) mass is 274 g/mol. The van der Waals surface area contributed by atoms with Crippen LogP contribution in [0.15, 0.2) is 5.16 Å². The molecule has 0 fully saturated rings. The normalized spacial score (nSPS) is 13.0. The molecule has 0 radical (unpaired) electrons. The molecule has 98 valence electrons. The molecular weight excluding hydrogens is 265 g/mol. The van der Waals surface area contributed by atoms with Gasteiger partial charge in [0.25, 0.3) is 15.2 Å². The molecular formula is C6H9F3N4O3S. The smallest absolute Gasteiger partial charge is 0.364 e. The van der Waals surface area contributed by atoms with Gasteiger partial charge < -0.3 is 9.30 Å². The van der Waals surface area contributed by atoms with Crippen molar-refractivity contribution >= 4 is 10.0 Å². The van der Waals surface area contributed by atoms with Gasteiger partial charge in [0, 0.05) is 7.05 Å². The molecule has 0 aliphatic carbocycles. The van der Waals surface area contributed by atoms with Crippen LogP contribution in [-0.2, 0) is 28.4 Å². The number of hydrogen-bond donors (Lipinski definition) is 1. The second kappa shape index (κ2) is 4.58. The van der Waals surface area contributed by atoms with Crippen molar-refractivity contribution in [2.45, 2.75) is 17.9 Å². The highest BCUT2D eigenvalue weighted by atomic mass is 32.2. The second-order valence-electron chi connectivity index (χ2n) is 3.11. The summed E-state index contributed by atoms with van der Waals surface area (Å²) in [5, 5.41) is 10.9. The zero-order chi connectivity index (χ0) is 13.3. The number of rotatable bonds is 4. The van der Waals surface area contributed by atoms with E-state index in [9.17, 15) is 21.6 Å². The number of aromatic nitrogens is 3. The molecule has 0 saturated heterocycles. The van der Waals surface area contributed by atoms with E-state index in [-0.39, 0.29) is 5.82 Å². The number of sulfonamides is 1. The SMILES string of the molecule is Cn1c(COCC(F)(F)F)nnc1S(N)(=O)=O. The van der Waals surface area contributed by atoms with E-state index in [1.807, 2.05) is 0 Å². The highest BCUT2D eigenvalue weighted by Crippen LogP contribution is 2.15. The van der Waals surface area contributed by atoms with Crippen LogP contribution in [0, 0.1) is 0 Å². The van der Waals surface area contributed by atoms with Gasteiger partial charge in [-0.05, 0) is 0 Å². The third-order valence-corrected chi connectivity index (χ3v) is 2.54. The molecule has 0 aromatic carbocycles. The van der Waals surface area contributed by atoms with Crippen LogP contribution in [0.4, 0.5) is 13.2 Å². The van der Waals surface area contributed by atoms with Crippen LogP contribution in [0.3, 0.4) is 0 Å². The van der Waals surface area contributed by atoms with E-state index in [2.05, 4.69) is 14.9 Å². The maximum atomic E-state index is 11.8. The molecule has 1 heterocycles. The molecule has 1 rings (SSSR count). The Morgan fingerprint density at radius 1 is 1.41 bits per heavy atom.